The molecule has 1 N–H and O–H groups in total. The number of fused-ring (bicyclic) bond motifs is 2. The Morgan fingerprint density at radius 1 is 1.11 bits per heavy atom. The van der Waals surface area contributed by atoms with Crippen LogP contribution in [0, 0.1) is 0 Å². The van der Waals surface area contributed by atoms with Crippen LogP contribution < -0.4 is 19.7 Å². The van der Waals surface area contributed by atoms with Gasteiger partial charge in [0.25, 0.3) is 5.91 Å². The monoisotopic (exact) mass is 380 g/mol. The van der Waals surface area contributed by atoms with Gasteiger partial charge < -0.3 is 19.7 Å². The van der Waals surface area contributed by atoms with Crippen LogP contribution in [0.4, 0.5) is 5.82 Å². The van der Waals surface area contributed by atoms with Crippen LogP contribution in [0.15, 0.2) is 36.4 Å². The molecule has 0 saturated carbocycles. The van der Waals surface area contributed by atoms with Gasteiger partial charge in [-0.05, 0) is 37.1 Å². The summed E-state index contributed by atoms with van der Waals surface area (Å²) in [4.78, 5) is 14.8. The Morgan fingerprint density at radius 2 is 1.93 bits per heavy atom. The zero-order chi connectivity index (χ0) is 18.9. The number of nitrogens with zero attached hydrogens (tertiary/aromatic N) is 5. The maximum atomic E-state index is 12.5. The summed E-state index contributed by atoms with van der Waals surface area (Å²) < 4.78 is 13.0. The first-order valence-corrected chi connectivity index (χ1v) is 9.40. The molecule has 1 atom stereocenters. The van der Waals surface area contributed by atoms with Gasteiger partial charge in [0.05, 0.1) is 6.54 Å². The van der Waals surface area contributed by atoms with Crippen molar-refractivity contribution < 1.29 is 14.3 Å². The minimum absolute atomic E-state index is 0.167. The summed E-state index contributed by atoms with van der Waals surface area (Å²) in [5, 5.41) is 15.8. The molecule has 144 valence electrons. The molecular weight excluding hydrogens is 360 g/mol. The average molecular weight is 380 g/mol. The number of rotatable bonds is 4. The summed E-state index contributed by atoms with van der Waals surface area (Å²) in [5.74, 6) is 2.42. The Balaban J connectivity index is 1.28. The van der Waals surface area contributed by atoms with E-state index in [1.807, 2.05) is 30.3 Å². The first-order chi connectivity index (χ1) is 13.8. The van der Waals surface area contributed by atoms with Gasteiger partial charge in [0.15, 0.2) is 23.0 Å². The Kier molecular flexibility index (Phi) is 4.19. The van der Waals surface area contributed by atoms with Crippen LogP contribution in [0.5, 0.6) is 11.5 Å². The summed E-state index contributed by atoms with van der Waals surface area (Å²) in [6, 6.07) is 11.2. The molecule has 9 nitrogen and oxygen atoms in total. The van der Waals surface area contributed by atoms with Crippen LogP contribution in [-0.2, 0) is 11.3 Å². The molecule has 0 unspecified atom stereocenters. The summed E-state index contributed by atoms with van der Waals surface area (Å²) in [6.07, 6.45) is 1.65. The number of carbonyl (C=O) groups excluding carboxylic acids is 1. The Labute approximate surface area is 161 Å². The largest absolute Gasteiger partial charge is 0.485 e. The van der Waals surface area contributed by atoms with E-state index in [-0.39, 0.29) is 19.1 Å². The second kappa shape index (κ2) is 6.99. The van der Waals surface area contributed by atoms with E-state index in [0.717, 1.165) is 18.9 Å². The van der Waals surface area contributed by atoms with Crippen molar-refractivity contribution >= 4 is 17.4 Å². The van der Waals surface area contributed by atoms with Crippen LogP contribution >= 0.6 is 0 Å². The second-order valence-corrected chi connectivity index (χ2v) is 6.85. The predicted octanol–water partition coefficient (Wildman–Crippen LogP) is 1.18. The van der Waals surface area contributed by atoms with Crippen molar-refractivity contribution in [3.05, 3.63) is 42.2 Å². The molecule has 2 aliphatic rings. The molecule has 0 radical (unpaired) electrons. The zero-order valence-corrected chi connectivity index (χ0v) is 15.2. The van der Waals surface area contributed by atoms with E-state index < -0.39 is 6.10 Å². The van der Waals surface area contributed by atoms with E-state index in [0.29, 0.717) is 23.0 Å². The van der Waals surface area contributed by atoms with Gasteiger partial charge in [0, 0.05) is 13.1 Å². The molecule has 9 heteroatoms. The van der Waals surface area contributed by atoms with Crippen molar-refractivity contribution in [3.8, 4) is 11.5 Å². The molecule has 0 bridgehead atoms. The molecule has 1 saturated heterocycles. The van der Waals surface area contributed by atoms with Crippen molar-refractivity contribution in [2.45, 2.75) is 25.5 Å². The SMILES string of the molecule is O=C(NCc1nnc2ccc(N3CCCC3)nn12)[C@@H]1COc2ccccc2O1. The van der Waals surface area contributed by atoms with E-state index in [1.54, 1.807) is 10.6 Å². The highest BCUT2D eigenvalue weighted by molar-refractivity contribution is 5.81. The van der Waals surface area contributed by atoms with E-state index in [2.05, 4.69) is 25.5 Å². The van der Waals surface area contributed by atoms with Crippen molar-refractivity contribution in [2.75, 3.05) is 24.6 Å². The smallest absolute Gasteiger partial charge is 0.265 e. The molecule has 2 aliphatic heterocycles. The lowest BCUT2D eigenvalue weighted by molar-refractivity contribution is -0.130. The first kappa shape index (κ1) is 16.8. The highest BCUT2D eigenvalue weighted by atomic mass is 16.6. The highest BCUT2D eigenvalue weighted by Crippen LogP contribution is 2.30. The summed E-state index contributed by atoms with van der Waals surface area (Å²) in [5.41, 5.74) is 0.651. The van der Waals surface area contributed by atoms with Gasteiger partial charge in [-0.2, -0.15) is 4.52 Å². The fourth-order valence-electron chi connectivity index (χ4n) is 3.48. The van der Waals surface area contributed by atoms with Crippen molar-refractivity contribution in [3.63, 3.8) is 0 Å². The number of amides is 1. The Morgan fingerprint density at radius 3 is 2.79 bits per heavy atom. The molecule has 0 spiro atoms. The van der Waals surface area contributed by atoms with Gasteiger partial charge in [-0.25, -0.2) is 0 Å². The second-order valence-electron chi connectivity index (χ2n) is 6.85. The zero-order valence-electron chi connectivity index (χ0n) is 15.2. The number of para-hydroxylation sites is 2. The molecular formula is C19H20N6O3. The van der Waals surface area contributed by atoms with Crippen LogP contribution in [-0.4, -0.2) is 51.5 Å². The summed E-state index contributed by atoms with van der Waals surface area (Å²) >= 11 is 0. The molecule has 4 heterocycles. The van der Waals surface area contributed by atoms with E-state index in [4.69, 9.17) is 9.47 Å². The maximum absolute atomic E-state index is 12.5. The van der Waals surface area contributed by atoms with Crippen LogP contribution in [0.3, 0.4) is 0 Å². The molecule has 5 rings (SSSR count). The number of ether oxygens (including phenoxy) is 2. The van der Waals surface area contributed by atoms with Crippen molar-refractivity contribution in [1.29, 1.82) is 0 Å². The van der Waals surface area contributed by atoms with Crippen molar-refractivity contribution in [1.82, 2.24) is 25.1 Å². The van der Waals surface area contributed by atoms with Gasteiger partial charge in [-0.15, -0.1) is 15.3 Å². The minimum Gasteiger partial charge on any atom is -0.485 e. The van der Waals surface area contributed by atoms with Gasteiger partial charge in [0.2, 0.25) is 6.10 Å². The third-order valence-corrected chi connectivity index (χ3v) is 4.97. The van der Waals surface area contributed by atoms with E-state index in [9.17, 15) is 4.79 Å². The predicted molar refractivity (Wildman–Crippen MR) is 100 cm³/mol. The normalized spacial score (nSPS) is 18.4. The number of carbonyl (C=O) groups is 1. The fraction of sp³-hybridized carbons (Fsp3) is 0.368. The quantitative estimate of drug-likeness (QED) is 0.726. The molecule has 1 fully saturated rings. The molecule has 3 aromatic rings. The Hall–Kier alpha value is -3.36. The third kappa shape index (κ3) is 3.08. The number of aromatic nitrogens is 4. The van der Waals surface area contributed by atoms with E-state index in [1.165, 1.54) is 12.8 Å². The lowest BCUT2D eigenvalue weighted by Gasteiger charge is -2.25. The van der Waals surface area contributed by atoms with Crippen molar-refractivity contribution in [2.24, 2.45) is 0 Å². The standard InChI is InChI=1S/C19H20N6O3/c26-19(15-12-27-13-5-1-2-6-14(13)28-15)20-11-18-22-21-16-7-8-17(23-25(16)18)24-9-3-4-10-24/h1-2,5-8,15H,3-4,9-12H2,(H,20,26)/t15-/m0/s1. The average Bonchev–Trinajstić information content (AvgIpc) is 3.41. The van der Waals surface area contributed by atoms with Crippen LogP contribution in [0.25, 0.3) is 5.65 Å². The number of nitrogens with one attached hydrogen (secondary N) is 1. The summed E-state index contributed by atoms with van der Waals surface area (Å²) in [6.45, 7) is 2.39. The lowest BCUT2D eigenvalue weighted by atomic mass is 10.2. The molecule has 1 aromatic carbocycles. The van der Waals surface area contributed by atoms with Gasteiger partial charge >= 0.3 is 0 Å². The number of hydrogen-bond donors (Lipinski definition) is 1. The van der Waals surface area contributed by atoms with Gasteiger partial charge in [0.1, 0.15) is 12.4 Å². The number of benzene rings is 1. The minimum atomic E-state index is -0.706. The van der Waals surface area contributed by atoms with Gasteiger partial charge in [-0.3, -0.25) is 4.79 Å². The summed E-state index contributed by atoms with van der Waals surface area (Å²) in [7, 11) is 0. The highest BCUT2D eigenvalue weighted by Gasteiger charge is 2.27. The topological polar surface area (TPSA) is 93.9 Å². The number of hydrogen-bond acceptors (Lipinski definition) is 7. The fourth-order valence-corrected chi connectivity index (χ4v) is 3.48. The maximum Gasteiger partial charge on any atom is 0.265 e. The van der Waals surface area contributed by atoms with Crippen LogP contribution in [0.1, 0.15) is 18.7 Å². The first-order valence-electron chi connectivity index (χ1n) is 9.40. The molecule has 1 amide bonds. The van der Waals surface area contributed by atoms with Crippen LogP contribution in [0.2, 0.25) is 0 Å². The number of anilines is 1. The molecule has 2 aromatic heterocycles. The molecule has 0 aliphatic carbocycles. The third-order valence-electron chi connectivity index (χ3n) is 4.97. The lowest BCUT2D eigenvalue weighted by Crippen LogP contribution is -2.43. The molecule has 28 heavy (non-hydrogen) atoms. The Bertz CT molecular complexity index is 1010. The van der Waals surface area contributed by atoms with E-state index >= 15 is 0 Å². The van der Waals surface area contributed by atoms with Gasteiger partial charge in [-0.1, -0.05) is 12.1 Å².